The van der Waals surface area contributed by atoms with Crippen molar-refractivity contribution in [3.63, 3.8) is 0 Å². The Morgan fingerprint density at radius 1 is 1.04 bits per heavy atom. The Labute approximate surface area is 154 Å². The SMILES string of the molecule is COc1ccc(Nc2nc(-n3c(C)nc4ccccc43)nc(N)c2F)cc1. The van der Waals surface area contributed by atoms with Crippen LogP contribution in [0, 0.1) is 12.7 Å². The minimum Gasteiger partial charge on any atom is -0.497 e. The molecule has 0 unspecified atom stereocenters. The molecular weight excluding hydrogens is 347 g/mol. The average molecular weight is 364 g/mol. The topological polar surface area (TPSA) is 90.9 Å². The summed E-state index contributed by atoms with van der Waals surface area (Å²) in [5.74, 6) is 0.655. The number of aryl methyl sites for hydroxylation is 1. The molecule has 0 saturated heterocycles. The summed E-state index contributed by atoms with van der Waals surface area (Å²) in [4.78, 5) is 12.9. The van der Waals surface area contributed by atoms with E-state index in [1.165, 1.54) is 0 Å². The Kier molecular flexibility index (Phi) is 4.08. The molecule has 3 N–H and O–H groups in total. The molecule has 0 spiro atoms. The van der Waals surface area contributed by atoms with Gasteiger partial charge in [0, 0.05) is 5.69 Å². The lowest BCUT2D eigenvalue weighted by atomic mass is 10.3. The van der Waals surface area contributed by atoms with E-state index in [4.69, 9.17) is 10.5 Å². The largest absolute Gasteiger partial charge is 0.497 e. The number of imidazole rings is 1. The minimum atomic E-state index is -0.711. The number of nitrogens with two attached hydrogens (primary N) is 1. The number of aromatic nitrogens is 4. The van der Waals surface area contributed by atoms with E-state index in [1.54, 1.807) is 35.9 Å². The molecule has 0 amide bonds. The van der Waals surface area contributed by atoms with Crippen LogP contribution >= 0.6 is 0 Å². The Balaban J connectivity index is 1.80. The van der Waals surface area contributed by atoms with Crippen LogP contribution in [0.2, 0.25) is 0 Å². The number of methoxy groups -OCH3 is 1. The van der Waals surface area contributed by atoms with Gasteiger partial charge >= 0.3 is 0 Å². The second-order valence-corrected chi connectivity index (χ2v) is 5.91. The summed E-state index contributed by atoms with van der Waals surface area (Å²) in [6.07, 6.45) is 0. The first-order valence-corrected chi connectivity index (χ1v) is 8.25. The maximum atomic E-state index is 14.5. The summed E-state index contributed by atoms with van der Waals surface area (Å²) in [5.41, 5.74) is 8.06. The summed E-state index contributed by atoms with van der Waals surface area (Å²) in [5, 5.41) is 2.94. The number of anilines is 3. The predicted molar refractivity (Wildman–Crippen MR) is 102 cm³/mol. The highest BCUT2D eigenvalue weighted by Gasteiger charge is 2.17. The second-order valence-electron chi connectivity index (χ2n) is 5.91. The van der Waals surface area contributed by atoms with E-state index in [9.17, 15) is 4.39 Å². The Morgan fingerprint density at radius 2 is 1.78 bits per heavy atom. The fourth-order valence-electron chi connectivity index (χ4n) is 2.84. The molecule has 2 heterocycles. The van der Waals surface area contributed by atoms with E-state index in [2.05, 4.69) is 20.3 Å². The van der Waals surface area contributed by atoms with Crippen molar-refractivity contribution in [2.24, 2.45) is 0 Å². The van der Waals surface area contributed by atoms with Crippen LogP contribution in [0.3, 0.4) is 0 Å². The smallest absolute Gasteiger partial charge is 0.239 e. The van der Waals surface area contributed by atoms with Gasteiger partial charge in [-0.05, 0) is 43.3 Å². The summed E-state index contributed by atoms with van der Waals surface area (Å²) in [7, 11) is 1.58. The van der Waals surface area contributed by atoms with Crippen molar-refractivity contribution >= 4 is 28.4 Å². The van der Waals surface area contributed by atoms with Crippen LogP contribution in [-0.2, 0) is 0 Å². The molecule has 4 rings (SSSR count). The normalized spacial score (nSPS) is 10.9. The lowest BCUT2D eigenvalue weighted by molar-refractivity contribution is 0.415. The van der Waals surface area contributed by atoms with Crippen LogP contribution < -0.4 is 15.8 Å². The first-order valence-electron chi connectivity index (χ1n) is 8.25. The molecule has 2 aromatic carbocycles. The number of nitrogen functional groups attached to an aromatic ring is 1. The van der Waals surface area contributed by atoms with Crippen molar-refractivity contribution in [3.05, 3.63) is 60.2 Å². The molecule has 2 aromatic heterocycles. The maximum Gasteiger partial charge on any atom is 0.239 e. The molecule has 0 atom stereocenters. The van der Waals surface area contributed by atoms with Crippen molar-refractivity contribution in [1.29, 1.82) is 0 Å². The monoisotopic (exact) mass is 364 g/mol. The van der Waals surface area contributed by atoms with Gasteiger partial charge in [0.05, 0.1) is 18.1 Å². The van der Waals surface area contributed by atoms with Gasteiger partial charge in [0.15, 0.2) is 11.6 Å². The number of nitrogens with one attached hydrogen (secondary N) is 1. The van der Waals surface area contributed by atoms with Gasteiger partial charge in [-0.15, -0.1) is 0 Å². The fraction of sp³-hybridized carbons (Fsp3) is 0.105. The molecule has 27 heavy (non-hydrogen) atoms. The van der Waals surface area contributed by atoms with Gasteiger partial charge in [0.2, 0.25) is 11.8 Å². The van der Waals surface area contributed by atoms with Crippen molar-refractivity contribution in [2.75, 3.05) is 18.2 Å². The van der Waals surface area contributed by atoms with E-state index in [0.717, 1.165) is 11.0 Å². The van der Waals surface area contributed by atoms with Crippen LogP contribution in [0.4, 0.5) is 21.7 Å². The van der Waals surface area contributed by atoms with E-state index >= 15 is 0 Å². The standard InChI is InChI=1S/C19H17FN6O/c1-11-22-14-5-3-4-6-15(14)26(11)19-24-17(21)16(20)18(25-19)23-12-7-9-13(27-2)10-8-12/h3-10H,1-2H3,(H3,21,23,24,25). The molecule has 4 aromatic rings. The van der Waals surface area contributed by atoms with E-state index in [1.807, 2.05) is 31.2 Å². The first kappa shape index (κ1) is 16.8. The van der Waals surface area contributed by atoms with Gasteiger partial charge in [-0.25, -0.2) is 4.98 Å². The van der Waals surface area contributed by atoms with E-state index in [0.29, 0.717) is 17.3 Å². The van der Waals surface area contributed by atoms with Gasteiger partial charge < -0.3 is 15.8 Å². The number of hydrogen-bond donors (Lipinski definition) is 2. The number of para-hydroxylation sites is 2. The third kappa shape index (κ3) is 3.01. The van der Waals surface area contributed by atoms with Gasteiger partial charge in [-0.1, -0.05) is 12.1 Å². The Bertz CT molecular complexity index is 1120. The van der Waals surface area contributed by atoms with Crippen LogP contribution in [0.15, 0.2) is 48.5 Å². The van der Waals surface area contributed by atoms with Crippen molar-refractivity contribution in [3.8, 4) is 11.7 Å². The maximum absolute atomic E-state index is 14.5. The van der Waals surface area contributed by atoms with Crippen molar-refractivity contribution in [1.82, 2.24) is 19.5 Å². The molecule has 8 heteroatoms. The molecule has 0 saturated carbocycles. The number of nitrogens with zero attached hydrogens (tertiary/aromatic N) is 4. The van der Waals surface area contributed by atoms with Gasteiger partial charge in [0.1, 0.15) is 11.6 Å². The van der Waals surface area contributed by atoms with Gasteiger partial charge in [-0.3, -0.25) is 4.57 Å². The highest BCUT2D eigenvalue weighted by molar-refractivity contribution is 5.77. The lowest BCUT2D eigenvalue weighted by Gasteiger charge is -2.12. The number of hydrogen-bond acceptors (Lipinski definition) is 6. The Morgan fingerprint density at radius 3 is 2.52 bits per heavy atom. The van der Waals surface area contributed by atoms with Crippen LogP contribution in [-0.4, -0.2) is 26.6 Å². The summed E-state index contributed by atoms with van der Waals surface area (Å²) >= 11 is 0. The van der Waals surface area contributed by atoms with Crippen LogP contribution in [0.25, 0.3) is 17.0 Å². The first-order chi connectivity index (χ1) is 13.1. The van der Waals surface area contributed by atoms with E-state index < -0.39 is 5.82 Å². The zero-order valence-electron chi connectivity index (χ0n) is 14.8. The zero-order chi connectivity index (χ0) is 19.0. The Hall–Kier alpha value is -3.68. The third-order valence-electron chi connectivity index (χ3n) is 4.15. The molecular formula is C19H17FN6O. The van der Waals surface area contributed by atoms with Gasteiger partial charge in [-0.2, -0.15) is 14.4 Å². The predicted octanol–water partition coefficient (Wildman–Crippen LogP) is 3.60. The average Bonchev–Trinajstić information content (AvgIpc) is 3.01. The fourth-order valence-corrected chi connectivity index (χ4v) is 2.84. The number of benzene rings is 2. The van der Waals surface area contributed by atoms with Crippen molar-refractivity contribution < 1.29 is 9.13 Å². The molecule has 0 fully saturated rings. The third-order valence-corrected chi connectivity index (χ3v) is 4.15. The summed E-state index contributed by atoms with van der Waals surface area (Å²) < 4.78 is 21.4. The number of ether oxygens (including phenoxy) is 1. The zero-order valence-corrected chi connectivity index (χ0v) is 14.8. The molecule has 0 aliphatic rings. The minimum absolute atomic E-state index is 0.0140. The number of halogens is 1. The molecule has 0 aliphatic carbocycles. The van der Waals surface area contributed by atoms with Crippen LogP contribution in [0.1, 0.15) is 5.82 Å². The van der Waals surface area contributed by atoms with E-state index in [-0.39, 0.29) is 17.6 Å². The highest BCUT2D eigenvalue weighted by Crippen LogP contribution is 2.26. The quantitative estimate of drug-likeness (QED) is 0.575. The number of rotatable bonds is 4. The lowest BCUT2D eigenvalue weighted by Crippen LogP contribution is -2.10. The van der Waals surface area contributed by atoms with Crippen molar-refractivity contribution in [2.45, 2.75) is 6.92 Å². The summed E-state index contributed by atoms with van der Waals surface area (Å²) in [6, 6.07) is 14.6. The second kappa shape index (κ2) is 6.56. The molecule has 136 valence electrons. The molecule has 0 bridgehead atoms. The molecule has 0 aliphatic heterocycles. The van der Waals surface area contributed by atoms with Gasteiger partial charge in [0.25, 0.3) is 0 Å². The molecule has 7 nitrogen and oxygen atoms in total. The van der Waals surface area contributed by atoms with Crippen LogP contribution in [0.5, 0.6) is 5.75 Å². The number of fused-ring (bicyclic) bond motifs is 1. The molecule has 0 radical (unpaired) electrons. The highest BCUT2D eigenvalue weighted by atomic mass is 19.1. The summed E-state index contributed by atoms with van der Waals surface area (Å²) in [6.45, 7) is 1.83.